The molecule has 1 aromatic rings. The van der Waals surface area contributed by atoms with E-state index in [-0.39, 0.29) is 23.0 Å². The molecule has 5 heteroatoms. The number of ketones is 1. The Morgan fingerprint density at radius 1 is 1.23 bits per heavy atom. The molecule has 1 aliphatic rings. The Balaban J connectivity index is 2.44. The second-order valence-electron chi connectivity index (χ2n) is 7.58. The van der Waals surface area contributed by atoms with Crippen LogP contribution in [0, 0.1) is 5.92 Å². The molecule has 1 amide bonds. The predicted octanol–water partition coefficient (Wildman–Crippen LogP) is 3.12. The standard InChI is InChI=1S/C21H30N2O3/c1-6-15-7-9-16(10-8-15)19-18(17(24)13-14(2)3)20(25)21(26)23(19)12-11-22(4)5/h7-10,14,19,25H,6,11-13H2,1-5H3. The molecule has 0 radical (unpaired) electrons. The van der Waals surface area contributed by atoms with Crippen molar-refractivity contribution in [3.8, 4) is 0 Å². The molecule has 0 saturated carbocycles. The van der Waals surface area contributed by atoms with Gasteiger partial charge in [-0.05, 0) is 37.6 Å². The van der Waals surface area contributed by atoms with Crippen molar-refractivity contribution in [2.75, 3.05) is 27.2 Å². The summed E-state index contributed by atoms with van der Waals surface area (Å²) in [5, 5.41) is 10.5. The number of amides is 1. The topological polar surface area (TPSA) is 60.9 Å². The fourth-order valence-corrected chi connectivity index (χ4v) is 3.24. The van der Waals surface area contributed by atoms with Gasteiger partial charge in [0.2, 0.25) is 0 Å². The van der Waals surface area contributed by atoms with Crippen LogP contribution in [0.3, 0.4) is 0 Å². The van der Waals surface area contributed by atoms with Crippen molar-refractivity contribution >= 4 is 11.7 Å². The molecule has 0 bridgehead atoms. The summed E-state index contributed by atoms with van der Waals surface area (Å²) < 4.78 is 0. The number of hydrogen-bond acceptors (Lipinski definition) is 4. The average molecular weight is 358 g/mol. The summed E-state index contributed by atoms with van der Waals surface area (Å²) in [5.74, 6) is -0.831. The van der Waals surface area contributed by atoms with Gasteiger partial charge >= 0.3 is 0 Å². The zero-order chi connectivity index (χ0) is 19.4. The van der Waals surface area contributed by atoms with Crippen molar-refractivity contribution in [2.45, 2.75) is 39.7 Å². The maximum atomic E-state index is 12.8. The van der Waals surface area contributed by atoms with Crippen LogP contribution < -0.4 is 0 Å². The first kappa shape index (κ1) is 20.2. The van der Waals surface area contributed by atoms with E-state index < -0.39 is 11.9 Å². The number of nitrogens with zero attached hydrogens (tertiary/aromatic N) is 2. The van der Waals surface area contributed by atoms with Crippen LogP contribution in [0.5, 0.6) is 0 Å². The van der Waals surface area contributed by atoms with Crippen LogP contribution >= 0.6 is 0 Å². The summed E-state index contributed by atoms with van der Waals surface area (Å²) in [6.07, 6.45) is 1.24. The maximum Gasteiger partial charge on any atom is 0.290 e. The molecular formula is C21H30N2O3. The van der Waals surface area contributed by atoms with E-state index in [1.165, 1.54) is 5.56 Å². The third kappa shape index (κ3) is 4.33. The molecule has 1 heterocycles. The maximum absolute atomic E-state index is 12.8. The summed E-state index contributed by atoms with van der Waals surface area (Å²) in [7, 11) is 3.87. The zero-order valence-corrected chi connectivity index (χ0v) is 16.5. The first-order valence-electron chi connectivity index (χ1n) is 9.27. The number of rotatable bonds is 8. The summed E-state index contributed by atoms with van der Waals surface area (Å²) >= 11 is 0. The van der Waals surface area contributed by atoms with E-state index >= 15 is 0 Å². The fraction of sp³-hybridized carbons (Fsp3) is 0.524. The zero-order valence-electron chi connectivity index (χ0n) is 16.5. The molecule has 1 aliphatic heterocycles. The lowest BCUT2D eigenvalue weighted by Gasteiger charge is -2.28. The quantitative estimate of drug-likeness (QED) is 0.776. The lowest BCUT2D eigenvalue weighted by molar-refractivity contribution is -0.129. The van der Waals surface area contributed by atoms with E-state index in [0.29, 0.717) is 19.5 Å². The van der Waals surface area contributed by atoms with Gasteiger partial charge in [-0.25, -0.2) is 0 Å². The van der Waals surface area contributed by atoms with E-state index in [4.69, 9.17) is 0 Å². The molecule has 5 nitrogen and oxygen atoms in total. The number of likely N-dealkylation sites (N-methyl/N-ethyl adjacent to an activating group) is 1. The molecule has 0 spiro atoms. The predicted molar refractivity (Wildman–Crippen MR) is 103 cm³/mol. The highest BCUT2D eigenvalue weighted by Gasteiger charge is 2.43. The number of aryl methyl sites for hydroxylation is 1. The van der Waals surface area contributed by atoms with Crippen molar-refractivity contribution in [1.29, 1.82) is 0 Å². The summed E-state index contributed by atoms with van der Waals surface area (Å²) in [5.41, 5.74) is 2.30. The Morgan fingerprint density at radius 3 is 2.35 bits per heavy atom. The van der Waals surface area contributed by atoms with Crippen molar-refractivity contribution in [2.24, 2.45) is 5.92 Å². The smallest absolute Gasteiger partial charge is 0.290 e. The van der Waals surface area contributed by atoms with Gasteiger partial charge in [-0.1, -0.05) is 45.0 Å². The highest BCUT2D eigenvalue weighted by molar-refractivity contribution is 6.09. The van der Waals surface area contributed by atoms with Crippen molar-refractivity contribution in [3.05, 3.63) is 46.7 Å². The molecule has 26 heavy (non-hydrogen) atoms. The highest BCUT2D eigenvalue weighted by atomic mass is 16.3. The number of Topliss-reactive ketones (excluding diaryl/α,β-unsaturated/α-hetero) is 1. The van der Waals surface area contributed by atoms with Crippen LogP contribution in [0.2, 0.25) is 0 Å². The molecule has 0 fully saturated rings. The second-order valence-corrected chi connectivity index (χ2v) is 7.58. The lowest BCUT2D eigenvalue weighted by atomic mass is 9.91. The van der Waals surface area contributed by atoms with Crippen molar-refractivity contribution < 1.29 is 14.7 Å². The van der Waals surface area contributed by atoms with Gasteiger partial charge in [-0.15, -0.1) is 0 Å². The van der Waals surface area contributed by atoms with Crippen molar-refractivity contribution in [1.82, 2.24) is 9.80 Å². The molecule has 1 N–H and O–H groups in total. The van der Waals surface area contributed by atoms with E-state index in [9.17, 15) is 14.7 Å². The van der Waals surface area contributed by atoms with Gasteiger partial charge in [0.25, 0.3) is 5.91 Å². The fourth-order valence-electron chi connectivity index (χ4n) is 3.24. The van der Waals surface area contributed by atoms with E-state index in [1.807, 2.05) is 57.1 Å². The molecule has 1 unspecified atom stereocenters. The largest absolute Gasteiger partial charge is 0.503 e. The van der Waals surface area contributed by atoms with Crippen LogP contribution in [0.25, 0.3) is 0 Å². The number of benzene rings is 1. The third-order valence-corrected chi connectivity index (χ3v) is 4.69. The second kappa shape index (κ2) is 8.49. The summed E-state index contributed by atoms with van der Waals surface area (Å²) in [4.78, 5) is 29.1. The Hall–Kier alpha value is -2.14. The van der Waals surface area contributed by atoms with Crippen LogP contribution in [0.4, 0.5) is 0 Å². The number of hydrogen-bond donors (Lipinski definition) is 1. The van der Waals surface area contributed by atoms with Crippen LogP contribution in [0.1, 0.15) is 44.4 Å². The third-order valence-electron chi connectivity index (χ3n) is 4.69. The van der Waals surface area contributed by atoms with Crippen LogP contribution in [-0.4, -0.2) is 53.8 Å². The minimum atomic E-state index is -0.514. The van der Waals surface area contributed by atoms with Crippen molar-refractivity contribution in [3.63, 3.8) is 0 Å². The normalized spacial score (nSPS) is 17.7. The molecule has 1 atom stereocenters. The van der Waals surface area contributed by atoms with E-state index in [2.05, 4.69) is 6.92 Å². The number of aliphatic hydroxyl groups excluding tert-OH is 1. The van der Waals surface area contributed by atoms with Gasteiger partial charge in [0.05, 0.1) is 11.6 Å². The van der Waals surface area contributed by atoms with Gasteiger partial charge in [-0.2, -0.15) is 0 Å². The number of carbonyl (C=O) groups excluding carboxylic acids is 2. The summed E-state index contributed by atoms with van der Waals surface area (Å²) in [6, 6.07) is 7.44. The van der Waals surface area contributed by atoms with Gasteiger partial charge < -0.3 is 14.9 Å². The lowest BCUT2D eigenvalue weighted by Crippen LogP contribution is -2.36. The minimum Gasteiger partial charge on any atom is -0.503 e. The number of carbonyl (C=O) groups is 2. The average Bonchev–Trinajstić information content (AvgIpc) is 2.83. The Morgan fingerprint density at radius 2 is 1.85 bits per heavy atom. The molecule has 2 rings (SSSR count). The first-order chi connectivity index (χ1) is 12.3. The van der Waals surface area contributed by atoms with Crippen LogP contribution in [0.15, 0.2) is 35.6 Å². The number of aliphatic hydroxyl groups is 1. The minimum absolute atomic E-state index is 0.150. The molecule has 0 aliphatic carbocycles. The summed E-state index contributed by atoms with van der Waals surface area (Å²) in [6.45, 7) is 7.12. The van der Waals surface area contributed by atoms with E-state index in [0.717, 1.165) is 12.0 Å². The van der Waals surface area contributed by atoms with Gasteiger partial charge in [0.1, 0.15) is 0 Å². The van der Waals surface area contributed by atoms with Gasteiger partial charge in [0.15, 0.2) is 11.5 Å². The van der Waals surface area contributed by atoms with Gasteiger partial charge in [0, 0.05) is 19.5 Å². The molecule has 0 saturated heterocycles. The molecule has 0 aromatic heterocycles. The highest BCUT2D eigenvalue weighted by Crippen LogP contribution is 2.38. The monoisotopic (exact) mass is 358 g/mol. The van der Waals surface area contributed by atoms with Crippen LogP contribution in [-0.2, 0) is 16.0 Å². The Labute approximate surface area is 156 Å². The molecule has 142 valence electrons. The SMILES string of the molecule is CCc1ccc(C2C(C(=O)CC(C)C)=C(O)C(=O)N2CCN(C)C)cc1. The van der Waals surface area contributed by atoms with Gasteiger partial charge in [-0.3, -0.25) is 9.59 Å². The Bertz CT molecular complexity index is 690. The van der Waals surface area contributed by atoms with E-state index in [1.54, 1.807) is 4.90 Å². The molecular weight excluding hydrogens is 328 g/mol. The Kier molecular flexibility index (Phi) is 6.59. The molecule has 1 aromatic carbocycles. The first-order valence-corrected chi connectivity index (χ1v) is 9.27.